The van der Waals surface area contributed by atoms with E-state index < -0.39 is 11.7 Å². The summed E-state index contributed by atoms with van der Waals surface area (Å²) in [5.74, 6) is -1.35. The van der Waals surface area contributed by atoms with E-state index >= 15 is 0 Å². The SMILES string of the molecule is N#CCN1CCC(CNC(=O)c2c(O)cccc2F)CC1. The molecule has 0 radical (unpaired) electrons. The third kappa shape index (κ3) is 3.92. The predicted octanol–water partition coefficient (Wildman–Crippen LogP) is 1.50. The van der Waals surface area contributed by atoms with E-state index in [0.717, 1.165) is 32.0 Å². The lowest BCUT2D eigenvalue weighted by atomic mass is 9.96. The molecule has 0 aliphatic carbocycles. The number of halogens is 1. The van der Waals surface area contributed by atoms with Crippen LogP contribution in [0.15, 0.2) is 18.2 Å². The number of aromatic hydroxyl groups is 1. The Morgan fingerprint density at radius 1 is 1.48 bits per heavy atom. The van der Waals surface area contributed by atoms with Crippen molar-refractivity contribution in [1.82, 2.24) is 10.2 Å². The molecule has 0 spiro atoms. The molecule has 112 valence electrons. The van der Waals surface area contributed by atoms with Gasteiger partial charge in [0.1, 0.15) is 17.1 Å². The van der Waals surface area contributed by atoms with Crippen LogP contribution in [0.4, 0.5) is 4.39 Å². The largest absolute Gasteiger partial charge is 0.507 e. The molecule has 2 rings (SSSR count). The molecule has 1 heterocycles. The fourth-order valence-electron chi connectivity index (χ4n) is 2.51. The molecule has 2 N–H and O–H groups in total. The van der Waals surface area contributed by atoms with Gasteiger partial charge in [-0.1, -0.05) is 6.07 Å². The first-order chi connectivity index (χ1) is 10.1. The van der Waals surface area contributed by atoms with Gasteiger partial charge in [0.15, 0.2) is 0 Å². The fourth-order valence-corrected chi connectivity index (χ4v) is 2.51. The lowest BCUT2D eigenvalue weighted by Gasteiger charge is -2.30. The number of phenolic OH excluding ortho intramolecular Hbond substituents is 1. The summed E-state index contributed by atoms with van der Waals surface area (Å²) < 4.78 is 13.5. The van der Waals surface area contributed by atoms with Crippen LogP contribution in [-0.2, 0) is 0 Å². The molecule has 0 aromatic heterocycles. The molecule has 1 aromatic carbocycles. The molecule has 0 atom stereocenters. The Morgan fingerprint density at radius 2 is 2.19 bits per heavy atom. The van der Waals surface area contributed by atoms with Gasteiger partial charge in [0.2, 0.25) is 0 Å². The second-order valence-corrected chi connectivity index (χ2v) is 5.22. The van der Waals surface area contributed by atoms with Crippen LogP contribution in [-0.4, -0.2) is 42.1 Å². The van der Waals surface area contributed by atoms with Gasteiger partial charge in [-0.3, -0.25) is 9.69 Å². The first-order valence-electron chi connectivity index (χ1n) is 6.96. The van der Waals surface area contributed by atoms with E-state index in [0.29, 0.717) is 19.0 Å². The van der Waals surface area contributed by atoms with Gasteiger partial charge in [-0.25, -0.2) is 4.39 Å². The molecule has 0 bridgehead atoms. The number of nitriles is 1. The summed E-state index contributed by atoms with van der Waals surface area (Å²) in [4.78, 5) is 14.0. The summed E-state index contributed by atoms with van der Waals surface area (Å²) in [5.41, 5.74) is -0.306. The van der Waals surface area contributed by atoms with Gasteiger partial charge in [0.05, 0.1) is 12.6 Å². The minimum absolute atomic E-state index is 0.306. The minimum Gasteiger partial charge on any atom is -0.507 e. The Labute approximate surface area is 123 Å². The van der Waals surface area contributed by atoms with Crippen LogP contribution >= 0.6 is 0 Å². The molecule has 1 saturated heterocycles. The van der Waals surface area contributed by atoms with E-state index in [4.69, 9.17) is 5.26 Å². The van der Waals surface area contributed by atoms with E-state index in [1.807, 2.05) is 0 Å². The van der Waals surface area contributed by atoms with Crippen LogP contribution in [0.2, 0.25) is 0 Å². The second kappa shape index (κ2) is 7.04. The van der Waals surface area contributed by atoms with Crippen molar-refractivity contribution >= 4 is 5.91 Å². The lowest BCUT2D eigenvalue weighted by Crippen LogP contribution is -2.38. The van der Waals surface area contributed by atoms with Crippen molar-refractivity contribution in [3.8, 4) is 11.8 Å². The fraction of sp³-hybridized carbons (Fsp3) is 0.467. The first kappa shape index (κ1) is 15.3. The Morgan fingerprint density at radius 3 is 2.81 bits per heavy atom. The Balaban J connectivity index is 1.84. The van der Waals surface area contributed by atoms with Crippen molar-refractivity contribution in [3.05, 3.63) is 29.6 Å². The van der Waals surface area contributed by atoms with Gasteiger partial charge in [-0.15, -0.1) is 0 Å². The molecule has 21 heavy (non-hydrogen) atoms. The topological polar surface area (TPSA) is 76.4 Å². The van der Waals surface area contributed by atoms with E-state index in [1.165, 1.54) is 12.1 Å². The lowest BCUT2D eigenvalue weighted by molar-refractivity contribution is 0.0931. The van der Waals surface area contributed by atoms with E-state index in [1.54, 1.807) is 0 Å². The number of piperidine rings is 1. The highest BCUT2D eigenvalue weighted by Crippen LogP contribution is 2.20. The summed E-state index contributed by atoms with van der Waals surface area (Å²) >= 11 is 0. The quantitative estimate of drug-likeness (QED) is 0.824. The third-order valence-corrected chi connectivity index (χ3v) is 3.77. The number of phenols is 1. The van der Waals surface area contributed by atoms with Gasteiger partial charge >= 0.3 is 0 Å². The number of carbonyl (C=O) groups is 1. The number of benzene rings is 1. The van der Waals surface area contributed by atoms with Gasteiger partial charge in [0.25, 0.3) is 5.91 Å². The third-order valence-electron chi connectivity index (χ3n) is 3.77. The van der Waals surface area contributed by atoms with Gasteiger partial charge in [-0.05, 0) is 44.0 Å². The summed E-state index contributed by atoms with van der Waals surface area (Å²) in [5, 5.41) is 20.9. The number of amides is 1. The van der Waals surface area contributed by atoms with Crippen LogP contribution < -0.4 is 5.32 Å². The summed E-state index contributed by atoms with van der Waals surface area (Å²) in [6.07, 6.45) is 1.79. The maximum atomic E-state index is 13.5. The van der Waals surface area contributed by atoms with Crippen LogP contribution in [0, 0.1) is 23.1 Å². The molecule has 1 fully saturated rings. The molecular formula is C15H18FN3O2. The minimum atomic E-state index is -0.726. The molecule has 0 saturated carbocycles. The van der Waals surface area contributed by atoms with E-state index in [2.05, 4.69) is 16.3 Å². The molecule has 1 amide bonds. The Kier molecular flexibility index (Phi) is 5.12. The monoisotopic (exact) mass is 291 g/mol. The summed E-state index contributed by atoms with van der Waals surface area (Å²) in [7, 11) is 0. The van der Waals surface area contributed by atoms with Crippen LogP contribution in [0.5, 0.6) is 5.75 Å². The van der Waals surface area contributed by atoms with Crippen molar-refractivity contribution in [3.63, 3.8) is 0 Å². The molecule has 6 heteroatoms. The number of nitrogens with zero attached hydrogens (tertiary/aromatic N) is 2. The number of rotatable bonds is 4. The highest BCUT2D eigenvalue weighted by molar-refractivity contribution is 5.97. The van der Waals surface area contributed by atoms with E-state index in [9.17, 15) is 14.3 Å². The average molecular weight is 291 g/mol. The number of hydrogen-bond donors (Lipinski definition) is 2. The zero-order chi connectivity index (χ0) is 15.2. The standard InChI is InChI=1S/C15H18FN3O2/c16-12-2-1-3-13(20)14(12)15(21)18-10-11-4-7-19(8-5-11)9-6-17/h1-3,11,20H,4-5,7-10H2,(H,18,21). The molecule has 1 aliphatic heterocycles. The summed E-state index contributed by atoms with van der Waals surface area (Å²) in [6.45, 7) is 2.55. The highest BCUT2D eigenvalue weighted by Gasteiger charge is 2.21. The number of nitrogens with one attached hydrogen (secondary N) is 1. The van der Waals surface area contributed by atoms with Crippen molar-refractivity contribution in [2.24, 2.45) is 5.92 Å². The van der Waals surface area contributed by atoms with Crippen molar-refractivity contribution in [2.75, 3.05) is 26.2 Å². The van der Waals surface area contributed by atoms with Crippen molar-refractivity contribution in [2.45, 2.75) is 12.8 Å². The van der Waals surface area contributed by atoms with Crippen LogP contribution in [0.25, 0.3) is 0 Å². The van der Waals surface area contributed by atoms with Gasteiger partial charge in [-0.2, -0.15) is 5.26 Å². The van der Waals surface area contributed by atoms with Gasteiger partial charge < -0.3 is 10.4 Å². The van der Waals surface area contributed by atoms with Crippen LogP contribution in [0.3, 0.4) is 0 Å². The normalized spacial score (nSPS) is 16.4. The summed E-state index contributed by atoms with van der Waals surface area (Å²) in [6, 6.07) is 5.91. The second-order valence-electron chi connectivity index (χ2n) is 5.22. The van der Waals surface area contributed by atoms with Crippen molar-refractivity contribution in [1.29, 1.82) is 5.26 Å². The number of likely N-dealkylation sites (tertiary alicyclic amines) is 1. The molecule has 0 unspecified atom stereocenters. The zero-order valence-corrected chi connectivity index (χ0v) is 11.7. The first-order valence-corrected chi connectivity index (χ1v) is 6.96. The van der Waals surface area contributed by atoms with Crippen molar-refractivity contribution < 1.29 is 14.3 Å². The molecule has 1 aliphatic rings. The zero-order valence-electron chi connectivity index (χ0n) is 11.7. The number of carbonyl (C=O) groups excluding carboxylic acids is 1. The average Bonchev–Trinajstić information content (AvgIpc) is 2.47. The number of hydrogen-bond acceptors (Lipinski definition) is 4. The Hall–Kier alpha value is -2.13. The maximum Gasteiger partial charge on any atom is 0.258 e. The predicted molar refractivity (Wildman–Crippen MR) is 75.2 cm³/mol. The van der Waals surface area contributed by atoms with Gasteiger partial charge in [0, 0.05) is 6.54 Å². The molecular weight excluding hydrogens is 273 g/mol. The van der Waals surface area contributed by atoms with E-state index in [-0.39, 0.29) is 11.3 Å². The molecule has 5 nitrogen and oxygen atoms in total. The Bertz CT molecular complexity index is 528. The van der Waals surface area contributed by atoms with Crippen LogP contribution in [0.1, 0.15) is 23.2 Å². The molecule has 1 aromatic rings. The maximum absolute atomic E-state index is 13.5. The smallest absolute Gasteiger partial charge is 0.258 e. The highest BCUT2D eigenvalue weighted by atomic mass is 19.1.